The van der Waals surface area contributed by atoms with E-state index in [9.17, 15) is 8.78 Å². The van der Waals surface area contributed by atoms with Crippen LogP contribution in [0.4, 0.5) is 14.6 Å². The van der Waals surface area contributed by atoms with Crippen molar-refractivity contribution >= 4 is 16.7 Å². The Bertz CT molecular complexity index is 1200. The molecule has 174 valence electrons. The summed E-state index contributed by atoms with van der Waals surface area (Å²) in [5.41, 5.74) is 1.26. The Morgan fingerprint density at radius 3 is 2.52 bits per heavy atom. The molecule has 2 aromatic carbocycles. The minimum Gasteiger partial charge on any atom is -0.489 e. The SMILES string of the molecule is Cc1nc(NC(C)c2cccc(C(F)(F)CO)c2)c2cc3c(cc2n1)OCC1(CCC1)CO3. The summed E-state index contributed by atoms with van der Waals surface area (Å²) in [5, 5.41) is 13.1. The third-order valence-corrected chi connectivity index (χ3v) is 6.72. The molecule has 33 heavy (non-hydrogen) atoms. The lowest BCUT2D eigenvalue weighted by Gasteiger charge is -2.39. The van der Waals surface area contributed by atoms with Crippen molar-refractivity contribution < 1.29 is 23.4 Å². The minimum atomic E-state index is -3.29. The van der Waals surface area contributed by atoms with Crippen LogP contribution in [0.2, 0.25) is 0 Å². The maximum Gasteiger partial charge on any atom is 0.295 e. The van der Waals surface area contributed by atoms with Crippen LogP contribution >= 0.6 is 0 Å². The summed E-state index contributed by atoms with van der Waals surface area (Å²) >= 11 is 0. The molecule has 0 radical (unpaired) electrons. The predicted octanol–water partition coefficient (Wildman–Crippen LogP) is 5.14. The van der Waals surface area contributed by atoms with Crippen molar-refractivity contribution in [1.29, 1.82) is 0 Å². The zero-order valence-corrected chi connectivity index (χ0v) is 18.7. The van der Waals surface area contributed by atoms with E-state index in [1.165, 1.54) is 18.6 Å². The first kappa shape index (κ1) is 21.8. The van der Waals surface area contributed by atoms with Gasteiger partial charge in [0.1, 0.15) is 18.2 Å². The molecule has 2 N–H and O–H groups in total. The van der Waals surface area contributed by atoms with E-state index in [0.717, 1.165) is 23.7 Å². The summed E-state index contributed by atoms with van der Waals surface area (Å²) in [7, 11) is 0. The van der Waals surface area contributed by atoms with Crippen molar-refractivity contribution in [2.45, 2.75) is 45.1 Å². The van der Waals surface area contributed by atoms with Gasteiger partial charge in [-0.25, -0.2) is 9.97 Å². The number of rotatable bonds is 5. The molecule has 1 atom stereocenters. The van der Waals surface area contributed by atoms with Crippen molar-refractivity contribution in [2.24, 2.45) is 5.41 Å². The predicted molar refractivity (Wildman–Crippen MR) is 121 cm³/mol. The molecule has 1 fully saturated rings. The largest absolute Gasteiger partial charge is 0.489 e. The van der Waals surface area contributed by atoms with Gasteiger partial charge in [-0.15, -0.1) is 0 Å². The van der Waals surface area contributed by atoms with Crippen LogP contribution in [-0.4, -0.2) is 34.9 Å². The van der Waals surface area contributed by atoms with Crippen LogP contribution in [0.1, 0.15) is 49.2 Å². The third kappa shape index (κ3) is 4.08. The fourth-order valence-electron chi connectivity index (χ4n) is 4.47. The Hall–Kier alpha value is -3.00. The number of aliphatic hydroxyl groups is 1. The second-order valence-electron chi connectivity index (χ2n) is 9.22. The van der Waals surface area contributed by atoms with Gasteiger partial charge in [-0.05, 0) is 44.4 Å². The highest BCUT2D eigenvalue weighted by Crippen LogP contribution is 2.46. The molecule has 1 unspecified atom stereocenters. The van der Waals surface area contributed by atoms with Gasteiger partial charge in [0.25, 0.3) is 5.92 Å². The van der Waals surface area contributed by atoms with Crippen molar-refractivity contribution in [2.75, 3.05) is 25.1 Å². The topological polar surface area (TPSA) is 76.5 Å². The molecule has 0 saturated heterocycles. The molecule has 6 nitrogen and oxygen atoms in total. The highest BCUT2D eigenvalue weighted by Gasteiger charge is 2.41. The number of hydrogen-bond donors (Lipinski definition) is 2. The molecule has 3 aromatic rings. The van der Waals surface area contributed by atoms with Crippen LogP contribution < -0.4 is 14.8 Å². The maximum atomic E-state index is 14.0. The number of ether oxygens (including phenoxy) is 2. The summed E-state index contributed by atoms with van der Waals surface area (Å²) in [6, 6.07) is 9.53. The highest BCUT2D eigenvalue weighted by atomic mass is 19.3. The minimum absolute atomic E-state index is 0.101. The van der Waals surface area contributed by atoms with E-state index in [4.69, 9.17) is 14.6 Å². The fourth-order valence-corrected chi connectivity index (χ4v) is 4.47. The number of fused-ring (bicyclic) bond motifs is 2. The quantitative estimate of drug-likeness (QED) is 0.555. The number of hydrogen-bond acceptors (Lipinski definition) is 6. The zero-order chi connectivity index (χ0) is 23.2. The van der Waals surface area contributed by atoms with Crippen molar-refractivity contribution in [3.8, 4) is 11.5 Å². The summed E-state index contributed by atoms with van der Waals surface area (Å²) in [6.45, 7) is 3.73. The lowest BCUT2D eigenvalue weighted by molar-refractivity contribution is -0.0556. The van der Waals surface area contributed by atoms with Gasteiger partial charge in [0.2, 0.25) is 0 Å². The van der Waals surface area contributed by atoms with Crippen molar-refractivity contribution in [1.82, 2.24) is 9.97 Å². The van der Waals surface area contributed by atoms with E-state index in [1.807, 2.05) is 26.0 Å². The van der Waals surface area contributed by atoms with E-state index < -0.39 is 12.5 Å². The van der Waals surface area contributed by atoms with Gasteiger partial charge in [-0.2, -0.15) is 8.78 Å². The van der Waals surface area contributed by atoms with Gasteiger partial charge in [0.15, 0.2) is 11.5 Å². The summed E-state index contributed by atoms with van der Waals surface area (Å²) in [6.07, 6.45) is 3.42. The Labute approximate surface area is 191 Å². The van der Waals surface area contributed by atoms with E-state index >= 15 is 0 Å². The monoisotopic (exact) mass is 455 g/mol. The molecular formula is C25H27F2N3O3. The number of alkyl halides is 2. The molecule has 8 heteroatoms. The van der Waals surface area contributed by atoms with E-state index in [2.05, 4.69) is 15.3 Å². The van der Waals surface area contributed by atoms with Gasteiger partial charge in [-0.1, -0.05) is 24.6 Å². The van der Waals surface area contributed by atoms with E-state index in [0.29, 0.717) is 41.9 Å². The van der Waals surface area contributed by atoms with Crippen molar-refractivity contribution in [3.05, 3.63) is 53.3 Å². The van der Waals surface area contributed by atoms with Gasteiger partial charge < -0.3 is 19.9 Å². The number of halogens is 2. The van der Waals surface area contributed by atoms with Crippen LogP contribution in [0.15, 0.2) is 36.4 Å². The van der Waals surface area contributed by atoms with Gasteiger partial charge >= 0.3 is 0 Å². The van der Waals surface area contributed by atoms with Crippen LogP contribution in [-0.2, 0) is 5.92 Å². The van der Waals surface area contributed by atoms with E-state index in [1.54, 1.807) is 12.1 Å². The molecule has 1 saturated carbocycles. The molecule has 1 aliphatic carbocycles. The second kappa shape index (κ2) is 8.09. The first-order chi connectivity index (χ1) is 15.8. The summed E-state index contributed by atoms with van der Waals surface area (Å²) < 4.78 is 40.2. The molecule has 0 amide bonds. The standard InChI is InChI=1S/C25H27F2N3O3/c1-15(17-5-3-6-18(9-17)25(26,27)12-31)28-23-19-10-21-22(11-20(19)29-16(2)30-23)33-14-24(13-32-21)7-4-8-24/h3,5-6,9-11,15,31H,4,7-8,12-14H2,1-2H3,(H,28,29,30). The number of anilines is 1. The molecule has 1 aromatic heterocycles. The molecule has 1 aliphatic heterocycles. The number of nitrogens with zero attached hydrogens (tertiary/aromatic N) is 2. The normalized spacial score (nSPS) is 18.0. The number of aromatic nitrogens is 2. The highest BCUT2D eigenvalue weighted by molar-refractivity contribution is 5.92. The Kier molecular flexibility index (Phi) is 5.35. The maximum absolute atomic E-state index is 14.0. The van der Waals surface area contributed by atoms with Crippen LogP contribution in [0.3, 0.4) is 0 Å². The summed E-state index contributed by atoms with van der Waals surface area (Å²) in [5.74, 6) is -0.761. The Morgan fingerprint density at radius 2 is 1.85 bits per heavy atom. The summed E-state index contributed by atoms with van der Waals surface area (Å²) in [4.78, 5) is 9.15. The van der Waals surface area contributed by atoms with Crippen LogP contribution in [0.25, 0.3) is 10.9 Å². The zero-order valence-electron chi connectivity index (χ0n) is 18.7. The van der Waals surface area contributed by atoms with E-state index in [-0.39, 0.29) is 17.0 Å². The molecular weight excluding hydrogens is 428 g/mol. The van der Waals surface area contributed by atoms with Gasteiger partial charge in [-0.3, -0.25) is 0 Å². The van der Waals surface area contributed by atoms with Gasteiger partial charge in [0, 0.05) is 28.5 Å². The number of benzene rings is 2. The third-order valence-electron chi connectivity index (χ3n) is 6.72. The van der Waals surface area contributed by atoms with Crippen molar-refractivity contribution in [3.63, 3.8) is 0 Å². The lowest BCUT2D eigenvalue weighted by atomic mass is 9.70. The average molecular weight is 456 g/mol. The smallest absolute Gasteiger partial charge is 0.295 e. The molecule has 0 bridgehead atoms. The van der Waals surface area contributed by atoms with Crippen LogP contribution in [0.5, 0.6) is 11.5 Å². The second-order valence-corrected chi connectivity index (χ2v) is 9.22. The molecule has 1 spiro atoms. The molecule has 5 rings (SSSR count). The molecule has 2 heterocycles. The first-order valence-corrected chi connectivity index (χ1v) is 11.2. The lowest BCUT2D eigenvalue weighted by Crippen LogP contribution is -2.39. The Balaban J connectivity index is 1.47. The van der Waals surface area contributed by atoms with Gasteiger partial charge in [0.05, 0.1) is 18.7 Å². The first-order valence-electron chi connectivity index (χ1n) is 11.2. The number of nitrogens with one attached hydrogen (secondary N) is 1. The van der Waals surface area contributed by atoms with Crippen LogP contribution in [0, 0.1) is 12.3 Å². The number of aryl methyl sites for hydroxylation is 1. The number of aliphatic hydroxyl groups excluding tert-OH is 1. The fraction of sp³-hybridized carbons (Fsp3) is 0.440. The Morgan fingerprint density at radius 1 is 1.12 bits per heavy atom. The molecule has 2 aliphatic rings. The average Bonchev–Trinajstić information content (AvgIpc) is 2.97.